The lowest BCUT2D eigenvalue weighted by atomic mass is 10.0. The van der Waals surface area contributed by atoms with E-state index in [1.54, 1.807) is 6.07 Å². The minimum Gasteiger partial charge on any atom is -0.493 e. The van der Waals surface area contributed by atoms with Crippen molar-refractivity contribution in [1.29, 1.82) is 0 Å². The number of amides is 2. The predicted octanol–water partition coefficient (Wildman–Crippen LogP) is 4.58. The molecule has 2 heterocycles. The van der Waals surface area contributed by atoms with Crippen LogP contribution in [-0.4, -0.2) is 35.3 Å². The van der Waals surface area contributed by atoms with Gasteiger partial charge in [0, 0.05) is 41.3 Å². The van der Waals surface area contributed by atoms with Gasteiger partial charge in [0.15, 0.2) is 11.5 Å². The zero-order valence-corrected chi connectivity index (χ0v) is 19.2. The Labute approximate surface area is 203 Å². The van der Waals surface area contributed by atoms with Crippen molar-refractivity contribution in [3.63, 3.8) is 0 Å². The van der Waals surface area contributed by atoms with E-state index >= 15 is 0 Å². The van der Waals surface area contributed by atoms with Gasteiger partial charge < -0.3 is 25.3 Å². The summed E-state index contributed by atoms with van der Waals surface area (Å²) < 4.78 is 52.9. The molecule has 0 atom stereocenters. The van der Waals surface area contributed by atoms with Crippen LogP contribution in [0.1, 0.15) is 46.3 Å². The summed E-state index contributed by atoms with van der Waals surface area (Å²) in [5.74, 6) is -1.74. The molecule has 1 aromatic carbocycles. The molecule has 0 spiro atoms. The lowest BCUT2D eigenvalue weighted by Crippen LogP contribution is -2.17. The number of nitrogens with two attached hydrogens (primary N) is 1. The third kappa shape index (κ3) is 5.65. The Morgan fingerprint density at radius 2 is 1.81 bits per heavy atom. The highest BCUT2D eigenvalue weighted by atomic mass is 19.4. The van der Waals surface area contributed by atoms with Crippen LogP contribution in [0.5, 0.6) is 23.0 Å². The molecule has 0 saturated heterocycles. The molecule has 1 fully saturated rings. The van der Waals surface area contributed by atoms with Crippen LogP contribution >= 0.6 is 0 Å². The van der Waals surface area contributed by atoms with Crippen molar-refractivity contribution >= 4 is 17.5 Å². The molecule has 1 saturated carbocycles. The van der Waals surface area contributed by atoms with Gasteiger partial charge in [0.25, 0.3) is 11.8 Å². The fourth-order valence-corrected chi connectivity index (χ4v) is 3.35. The minimum atomic E-state index is -4.88. The van der Waals surface area contributed by atoms with E-state index in [9.17, 15) is 22.8 Å². The number of hydrogen-bond acceptors (Lipinski definition) is 7. The van der Waals surface area contributed by atoms with Crippen molar-refractivity contribution in [3.05, 3.63) is 65.7 Å². The highest BCUT2D eigenvalue weighted by Crippen LogP contribution is 2.48. The average molecular weight is 502 g/mol. The van der Waals surface area contributed by atoms with E-state index in [2.05, 4.69) is 20.0 Å². The molecule has 2 amide bonds. The Hall–Kier alpha value is -4.35. The van der Waals surface area contributed by atoms with Crippen LogP contribution < -0.4 is 25.3 Å². The van der Waals surface area contributed by atoms with Crippen molar-refractivity contribution in [2.45, 2.75) is 31.5 Å². The Morgan fingerprint density at radius 3 is 2.44 bits per heavy atom. The van der Waals surface area contributed by atoms with Crippen molar-refractivity contribution in [1.82, 2.24) is 9.97 Å². The number of aromatic nitrogens is 2. The number of rotatable bonds is 8. The van der Waals surface area contributed by atoms with Crippen LogP contribution in [-0.2, 0) is 5.41 Å². The molecule has 0 radical (unpaired) electrons. The maximum atomic E-state index is 13.1. The largest absolute Gasteiger partial charge is 0.573 e. The number of hydrogen-bond donors (Lipinski definition) is 2. The molecule has 0 unspecified atom stereocenters. The summed E-state index contributed by atoms with van der Waals surface area (Å²) in [6, 6.07) is 7.73. The SMILES string of the molecule is COc1cc(OC(F)(F)F)ccc1Oc1cc(C2(C)CC2)ncc1C(=O)Nc1ccnc(C(N)=O)c1. The monoisotopic (exact) mass is 502 g/mol. The third-order valence-electron chi connectivity index (χ3n) is 5.59. The summed E-state index contributed by atoms with van der Waals surface area (Å²) in [4.78, 5) is 32.7. The summed E-state index contributed by atoms with van der Waals surface area (Å²) in [5.41, 5.74) is 6.04. The second kappa shape index (κ2) is 9.36. The van der Waals surface area contributed by atoms with Crippen molar-refractivity contribution in [2.24, 2.45) is 5.73 Å². The number of anilines is 1. The van der Waals surface area contributed by atoms with Crippen LogP contribution in [0, 0.1) is 0 Å². The Bertz CT molecular complexity index is 1330. The average Bonchev–Trinajstić information content (AvgIpc) is 3.57. The first-order chi connectivity index (χ1) is 17.0. The zero-order chi connectivity index (χ0) is 26.1. The van der Waals surface area contributed by atoms with Gasteiger partial charge in [-0.2, -0.15) is 0 Å². The van der Waals surface area contributed by atoms with Gasteiger partial charge in [-0.15, -0.1) is 13.2 Å². The van der Waals surface area contributed by atoms with E-state index in [1.165, 1.54) is 37.7 Å². The molecule has 188 valence electrons. The number of nitrogens with one attached hydrogen (secondary N) is 1. The molecule has 3 aromatic rings. The first-order valence-electron chi connectivity index (χ1n) is 10.7. The molecule has 36 heavy (non-hydrogen) atoms. The number of nitrogens with zero attached hydrogens (tertiary/aromatic N) is 2. The maximum absolute atomic E-state index is 13.1. The Balaban J connectivity index is 1.67. The summed E-state index contributed by atoms with van der Waals surface area (Å²) >= 11 is 0. The molecule has 0 aliphatic heterocycles. The summed E-state index contributed by atoms with van der Waals surface area (Å²) in [5, 5.41) is 2.63. The van der Waals surface area contributed by atoms with Crippen LogP contribution in [0.3, 0.4) is 0 Å². The first-order valence-corrected chi connectivity index (χ1v) is 10.7. The maximum Gasteiger partial charge on any atom is 0.573 e. The molecule has 3 N–H and O–H groups in total. The van der Waals surface area contributed by atoms with Gasteiger partial charge in [-0.05, 0) is 37.1 Å². The van der Waals surface area contributed by atoms with Crippen molar-refractivity contribution in [3.8, 4) is 23.0 Å². The molecule has 0 bridgehead atoms. The summed E-state index contributed by atoms with van der Waals surface area (Å²) in [7, 11) is 1.26. The van der Waals surface area contributed by atoms with E-state index in [0.717, 1.165) is 25.0 Å². The molecule has 4 rings (SSSR count). The fraction of sp³-hybridized carbons (Fsp3) is 0.250. The number of primary amides is 1. The molecule has 9 nitrogen and oxygen atoms in total. The number of alkyl halides is 3. The fourth-order valence-electron chi connectivity index (χ4n) is 3.35. The number of ether oxygens (including phenoxy) is 3. The van der Waals surface area contributed by atoms with Gasteiger partial charge in [0.2, 0.25) is 0 Å². The summed E-state index contributed by atoms with van der Waals surface area (Å²) in [6.45, 7) is 2.02. The van der Waals surface area contributed by atoms with Gasteiger partial charge in [-0.3, -0.25) is 19.6 Å². The lowest BCUT2D eigenvalue weighted by Gasteiger charge is -2.17. The first kappa shape index (κ1) is 24.8. The van der Waals surface area contributed by atoms with Crippen LogP contribution in [0.2, 0.25) is 0 Å². The Morgan fingerprint density at radius 1 is 1.06 bits per heavy atom. The van der Waals surface area contributed by atoms with Gasteiger partial charge in [0.1, 0.15) is 22.8 Å². The third-order valence-corrected chi connectivity index (χ3v) is 5.59. The van der Waals surface area contributed by atoms with Gasteiger partial charge >= 0.3 is 6.36 Å². The molecular formula is C24H21F3N4O5. The zero-order valence-electron chi connectivity index (χ0n) is 19.2. The van der Waals surface area contributed by atoms with E-state index in [-0.39, 0.29) is 39.6 Å². The van der Waals surface area contributed by atoms with E-state index in [0.29, 0.717) is 5.69 Å². The summed E-state index contributed by atoms with van der Waals surface area (Å²) in [6.07, 6.45) is -0.389. The number of benzene rings is 1. The number of carbonyl (C=O) groups excluding carboxylic acids is 2. The van der Waals surface area contributed by atoms with Gasteiger partial charge in [-0.25, -0.2) is 0 Å². The van der Waals surface area contributed by atoms with E-state index in [4.69, 9.17) is 15.2 Å². The van der Waals surface area contributed by atoms with E-state index in [1.807, 2.05) is 6.92 Å². The number of pyridine rings is 2. The normalized spacial score (nSPS) is 14.0. The number of carbonyl (C=O) groups is 2. The molecule has 1 aliphatic carbocycles. The van der Waals surface area contributed by atoms with E-state index < -0.39 is 23.9 Å². The standard InChI is InChI=1S/C24H21F3N4O5/c1-23(6-7-23)20-11-18(35-17-4-3-14(10-19(17)34-2)36-24(25,26)27)15(12-30-20)22(33)31-13-5-8-29-16(9-13)21(28)32/h3-5,8-12H,6-7H2,1-2H3,(H2,28,32)(H,29,31,33). The molecule has 2 aromatic heterocycles. The molecular weight excluding hydrogens is 481 g/mol. The highest BCUT2D eigenvalue weighted by Gasteiger charge is 2.41. The highest BCUT2D eigenvalue weighted by molar-refractivity contribution is 6.06. The second-order valence-electron chi connectivity index (χ2n) is 8.34. The number of halogens is 3. The van der Waals surface area contributed by atoms with Gasteiger partial charge in [0.05, 0.1) is 7.11 Å². The smallest absolute Gasteiger partial charge is 0.493 e. The lowest BCUT2D eigenvalue weighted by molar-refractivity contribution is -0.274. The Kier molecular flexibility index (Phi) is 6.44. The molecule has 1 aliphatic rings. The quantitative estimate of drug-likeness (QED) is 0.462. The minimum absolute atomic E-state index is 0.0368. The van der Waals surface area contributed by atoms with Gasteiger partial charge in [-0.1, -0.05) is 6.92 Å². The predicted molar refractivity (Wildman–Crippen MR) is 121 cm³/mol. The van der Waals surface area contributed by atoms with Crippen molar-refractivity contribution in [2.75, 3.05) is 12.4 Å². The topological polar surface area (TPSA) is 126 Å². The van der Waals surface area contributed by atoms with Crippen molar-refractivity contribution < 1.29 is 37.0 Å². The van der Waals surface area contributed by atoms with Crippen LogP contribution in [0.15, 0.2) is 48.8 Å². The second-order valence-corrected chi connectivity index (χ2v) is 8.34. The van der Waals surface area contributed by atoms with Crippen LogP contribution in [0.25, 0.3) is 0 Å². The molecule has 12 heteroatoms. The van der Waals surface area contributed by atoms with Crippen LogP contribution in [0.4, 0.5) is 18.9 Å². The number of methoxy groups -OCH3 is 1.